The molecule has 0 saturated carbocycles. The van der Waals surface area contributed by atoms with Crippen LogP contribution in [-0.4, -0.2) is 14.5 Å². The van der Waals surface area contributed by atoms with Gasteiger partial charge >= 0.3 is 0 Å². The minimum atomic E-state index is 0.701. The third-order valence-corrected chi connectivity index (χ3v) is 11.5. The van der Waals surface area contributed by atoms with Crippen molar-refractivity contribution in [3.63, 3.8) is 0 Å². The Kier molecular flexibility index (Phi) is 8.49. The molecule has 3 heteroatoms. The van der Waals surface area contributed by atoms with E-state index in [4.69, 9.17) is 9.97 Å². The first-order valence-electron chi connectivity index (χ1n) is 20.1. The predicted molar refractivity (Wildman–Crippen MR) is 246 cm³/mol. The molecule has 9 aromatic carbocycles. The zero-order valence-electron chi connectivity index (χ0n) is 32.2. The van der Waals surface area contributed by atoms with Crippen LogP contribution in [0.15, 0.2) is 224 Å². The third kappa shape index (κ3) is 6.26. The monoisotopic (exact) mass is 751 g/mol. The van der Waals surface area contributed by atoms with E-state index >= 15 is 0 Å². The molecule has 3 nitrogen and oxygen atoms in total. The molecule has 0 aliphatic rings. The summed E-state index contributed by atoms with van der Waals surface area (Å²) in [4.78, 5) is 10.4. The SMILES string of the molecule is c1ccc(-c2ccc(-c3nc(-c4ccccc4)cc(-c4ccc(-c5ccc(-c6ccc7c(c6)c6ccccc6n7-c6ccccc6)cc5)c5ccccc45)n3)cc2)cc1. The summed E-state index contributed by atoms with van der Waals surface area (Å²) in [5.41, 5.74) is 15.6. The first-order valence-corrected chi connectivity index (χ1v) is 20.1. The number of aromatic nitrogens is 3. The van der Waals surface area contributed by atoms with Gasteiger partial charge in [0.1, 0.15) is 0 Å². The van der Waals surface area contributed by atoms with Gasteiger partial charge in [-0.15, -0.1) is 0 Å². The van der Waals surface area contributed by atoms with E-state index < -0.39 is 0 Å². The highest BCUT2D eigenvalue weighted by molar-refractivity contribution is 6.10. The molecule has 0 saturated heterocycles. The van der Waals surface area contributed by atoms with E-state index in [0.717, 1.165) is 39.0 Å². The zero-order chi connectivity index (χ0) is 39.1. The van der Waals surface area contributed by atoms with Gasteiger partial charge in [0.2, 0.25) is 0 Å². The number of rotatable bonds is 7. The van der Waals surface area contributed by atoms with E-state index in [1.54, 1.807) is 0 Å². The van der Waals surface area contributed by atoms with Gasteiger partial charge in [0, 0.05) is 33.2 Å². The van der Waals surface area contributed by atoms with Crippen molar-refractivity contribution >= 4 is 32.6 Å². The molecule has 59 heavy (non-hydrogen) atoms. The molecule has 0 amide bonds. The van der Waals surface area contributed by atoms with Crippen LogP contribution in [0, 0.1) is 0 Å². The van der Waals surface area contributed by atoms with Crippen LogP contribution < -0.4 is 0 Å². The summed E-state index contributed by atoms with van der Waals surface area (Å²) in [5, 5.41) is 4.84. The van der Waals surface area contributed by atoms with Gasteiger partial charge in [-0.25, -0.2) is 9.97 Å². The molecule has 0 atom stereocenters. The van der Waals surface area contributed by atoms with Crippen LogP contribution in [0.5, 0.6) is 0 Å². The van der Waals surface area contributed by atoms with Crippen molar-refractivity contribution in [1.82, 2.24) is 14.5 Å². The van der Waals surface area contributed by atoms with Gasteiger partial charge in [-0.05, 0) is 80.6 Å². The van der Waals surface area contributed by atoms with Crippen molar-refractivity contribution in [1.29, 1.82) is 0 Å². The fourth-order valence-electron chi connectivity index (χ4n) is 8.54. The first kappa shape index (κ1) is 34.4. The molecule has 0 spiro atoms. The third-order valence-electron chi connectivity index (χ3n) is 11.5. The van der Waals surface area contributed by atoms with Gasteiger partial charge in [-0.1, -0.05) is 188 Å². The number of para-hydroxylation sites is 2. The summed E-state index contributed by atoms with van der Waals surface area (Å²) >= 11 is 0. The van der Waals surface area contributed by atoms with Gasteiger partial charge in [0.25, 0.3) is 0 Å². The highest BCUT2D eigenvalue weighted by Crippen LogP contribution is 2.39. The van der Waals surface area contributed by atoms with Gasteiger partial charge in [-0.2, -0.15) is 0 Å². The quantitative estimate of drug-likeness (QED) is 0.162. The summed E-state index contributed by atoms with van der Waals surface area (Å²) in [6.07, 6.45) is 0. The van der Waals surface area contributed by atoms with Gasteiger partial charge < -0.3 is 4.57 Å². The summed E-state index contributed by atoms with van der Waals surface area (Å²) < 4.78 is 2.36. The normalized spacial score (nSPS) is 11.4. The van der Waals surface area contributed by atoms with Gasteiger partial charge in [-0.3, -0.25) is 0 Å². The molecule has 0 aliphatic heterocycles. The maximum atomic E-state index is 5.25. The van der Waals surface area contributed by atoms with Crippen molar-refractivity contribution in [3.05, 3.63) is 224 Å². The molecule has 0 bridgehead atoms. The molecule has 2 aromatic heterocycles. The van der Waals surface area contributed by atoms with Crippen LogP contribution in [-0.2, 0) is 0 Å². The fraction of sp³-hybridized carbons (Fsp3) is 0. The lowest BCUT2D eigenvalue weighted by Gasteiger charge is -2.14. The van der Waals surface area contributed by atoms with E-state index in [-0.39, 0.29) is 0 Å². The Balaban J connectivity index is 0.971. The lowest BCUT2D eigenvalue weighted by Crippen LogP contribution is -1.97. The van der Waals surface area contributed by atoms with Crippen LogP contribution in [0.4, 0.5) is 0 Å². The molecule has 0 radical (unpaired) electrons. The minimum absolute atomic E-state index is 0.701. The first-order chi connectivity index (χ1) is 29.2. The molecule has 11 rings (SSSR count). The number of hydrogen-bond donors (Lipinski definition) is 0. The lowest BCUT2D eigenvalue weighted by molar-refractivity contribution is 1.18. The number of benzene rings is 9. The Morgan fingerprint density at radius 2 is 0.746 bits per heavy atom. The summed E-state index contributed by atoms with van der Waals surface area (Å²) in [7, 11) is 0. The van der Waals surface area contributed by atoms with E-state index in [9.17, 15) is 0 Å². The van der Waals surface area contributed by atoms with Crippen LogP contribution in [0.25, 0.3) is 106 Å². The van der Waals surface area contributed by atoms with E-state index in [1.807, 2.05) is 12.1 Å². The Labute approximate surface area is 343 Å². The number of fused-ring (bicyclic) bond motifs is 4. The van der Waals surface area contributed by atoms with Crippen LogP contribution in [0.1, 0.15) is 0 Å². The van der Waals surface area contributed by atoms with E-state index in [2.05, 4.69) is 217 Å². The largest absolute Gasteiger partial charge is 0.309 e. The fourth-order valence-corrected chi connectivity index (χ4v) is 8.54. The second kappa shape index (κ2) is 14.6. The van der Waals surface area contributed by atoms with Crippen molar-refractivity contribution in [2.75, 3.05) is 0 Å². The lowest BCUT2D eigenvalue weighted by atomic mass is 9.92. The van der Waals surface area contributed by atoms with Gasteiger partial charge in [0.05, 0.1) is 22.4 Å². The standard InChI is InChI=1S/C56H37N3/c1-4-14-38(15-5-1)39-26-30-43(31-27-39)56-57-52(42-16-6-2-7-17-42)37-53(58-56)49-34-33-46(47-20-10-11-21-48(47)49)41-28-24-40(25-29-41)44-32-35-55-51(36-44)50-22-12-13-23-54(50)59(55)45-18-8-3-9-19-45/h1-37H. The predicted octanol–water partition coefficient (Wildman–Crippen LogP) is 14.7. The zero-order valence-corrected chi connectivity index (χ0v) is 32.2. The number of nitrogens with zero attached hydrogens (tertiary/aromatic N) is 3. The average Bonchev–Trinajstić information content (AvgIpc) is 3.66. The Morgan fingerprint density at radius 1 is 0.271 bits per heavy atom. The van der Waals surface area contributed by atoms with E-state index in [1.165, 1.54) is 60.7 Å². The molecule has 11 aromatic rings. The van der Waals surface area contributed by atoms with Crippen LogP contribution >= 0.6 is 0 Å². The van der Waals surface area contributed by atoms with Crippen molar-refractivity contribution in [2.45, 2.75) is 0 Å². The molecule has 0 unspecified atom stereocenters. The van der Waals surface area contributed by atoms with Crippen molar-refractivity contribution in [2.24, 2.45) is 0 Å². The maximum absolute atomic E-state index is 5.25. The highest BCUT2D eigenvalue weighted by atomic mass is 15.0. The summed E-state index contributed by atoms with van der Waals surface area (Å²) in [6, 6.07) is 79.8. The molecule has 276 valence electrons. The van der Waals surface area contributed by atoms with Gasteiger partial charge in [0.15, 0.2) is 5.82 Å². The van der Waals surface area contributed by atoms with Crippen LogP contribution in [0.3, 0.4) is 0 Å². The van der Waals surface area contributed by atoms with Crippen LogP contribution in [0.2, 0.25) is 0 Å². The Morgan fingerprint density at radius 3 is 1.46 bits per heavy atom. The minimum Gasteiger partial charge on any atom is -0.309 e. The topological polar surface area (TPSA) is 30.7 Å². The van der Waals surface area contributed by atoms with Crippen molar-refractivity contribution in [3.8, 4) is 73.0 Å². The second-order valence-electron chi connectivity index (χ2n) is 15.0. The second-order valence-corrected chi connectivity index (χ2v) is 15.0. The smallest absolute Gasteiger partial charge is 0.160 e. The van der Waals surface area contributed by atoms with Crippen molar-refractivity contribution < 1.29 is 0 Å². The molecule has 0 N–H and O–H groups in total. The Bertz CT molecular complexity index is 3280. The summed E-state index contributed by atoms with van der Waals surface area (Å²) in [5.74, 6) is 0.701. The summed E-state index contributed by atoms with van der Waals surface area (Å²) in [6.45, 7) is 0. The molecular formula is C56H37N3. The highest BCUT2D eigenvalue weighted by Gasteiger charge is 2.16. The Hall–Kier alpha value is -7.88. The average molecular weight is 752 g/mol. The van der Waals surface area contributed by atoms with E-state index in [0.29, 0.717) is 5.82 Å². The molecular weight excluding hydrogens is 715 g/mol. The molecule has 2 heterocycles. The molecule has 0 aliphatic carbocycles. The number of hydrogen-bond acceptors (Lipinski definition) is 2. The maximum Gasteiger partial charge on any atom is 0.160 e. The molecule has 0 fully saturated rings.